The van der Waals surface area contributed by atoms with Crippen LogP contribution in [0.25, 0.3) is 0 Å². The van der Waals surface area contributed by atoms with Crippen LogP contribution in [0.1, 0.15) is 30.4 Å². The van der Waals surface area contributed by atoms with Gasteiger partial charge in [0.15, 0.2) is 0 Å². The van der Waals surface area contributed by atoms with Crippen LogP contribution in [-0.2, 0) is 27.4 Å². The van der Waals surface area contributed by atoms with Gasteiger partial charge in [0.25, 0.3) is 0 Å². The lowest BCUT2D eigenvalue weighted by Crippen LogP contribution is -2.35. The quantitative estimate of drug-likeness (QED) is 0.695. The Morgan fingerprint density at radius 3 is 2.81 bits per heavy atom. The number of benzene rings is 1. The highest BCUT2D eigenvalue weighted by molar-refractivity contribution is 5.77. The standard InChI is InChI=1S/C20H30N2O4/c1-24-11-12-25-16-20(23)22-9-10-26-19-6-5-17(13-18(19)15-22)14-21-7-3-2-4-8-21/h5-6,13H,2-4,7-12,14-16H2,1H3. The molecule has 0 radical (unpaired) electrons. The van der Waals surface area contributed by atoms with Gasteiger partial charge in [-0.1, -0.05) is 12.5 Å². The number of nitrogens with zero attached hydrogens (tertiary/aromatic N) is 2. The van der Waals surface area contributed by atoms with E-state index in [1.165, 1.54) is 37.9 Å². The Labute approximate surface area is 156 Å². The molecule has 0 bridgehead atoms. The molecule has 144 valence electrons. The van der Waals surface area contributed by atoms with Gasteiger partial charge in [-0.15, -0.1) is 0 Å². The number of ether oxygens (including phenoxy) is 3. The Balaban J connectivity index is 1.60. The summed E-state index contributed by atoms with van der Waals surface area (Å²) in [5, 5.41) is 0. The topological polar surface area (TPSA) is 51.2 Å². The van der Waals surface area contributed by atoms with Gasteiger partial charge in [-0.05, 0) is 43.6 Å². The molecule has 6 heteroatoms. The second-order valence-electron chi connectivity index (χ2n) is 6.99. The summed E-state index contributed by atoms with van der Waals surface area (Å²) in [5.41, 5.74) is 2.38. The van der Waals surface area contributed by atoms with Crippen LogP contribution in [0.4, 0.5) is 0 Å². The highest BCUT2D eigenvalue weighted by atomic mass is 16.5. The number of rotatable bonds is 7. The van der Waals surface area contributed by atoms with Crippen LogP contribution in [0, 0.1) is 0 Å². The fraction of sp³-hybridized carbons (Fsp3) is 0.650. The predicted molar refractivity (Wildman–Crippen MR) is 99.2 cm³/mol. The summed E-state index contributed by atoms with van der Waals surface area (Å²) in [6.07, 6.45) is 3.93. The number of amides is 1. The largest absolute Gasteiger partial charge is 0.491 e. The molecule has 6 nitrogen and oxygen atoms in total. The van der Waals surface area contributed by atoms with E-state index < -0.39 is 0 Å². The smallest absolute Gasteiger partial charge is 0.248 e. The summed E-state index contributed by atoms with van der Waals surface area (Å²) in [6, 6.07) is 6.40. The first kappa shape index (κ1) is 19.1. The number of fused-ring (bicyclic) bond motifs is 1. The lowest BCUT2D eigenvalue weighted by Gasteiger charge is -2.26. The minimum Gasteiger partial charge on any atom is -0.491 e. The highest BCUT2D eigenvalue weighted by Crippen LogP contribution is 2.25. The molecule has 1 amide bonds. The number of hydrogen-bond donors (Lipinski definition) is 0. The first-order chi connectivity index (χ1) is 12.8. The summed E-state index contributed by atoms with van der Waals surface area (Å²) in [5.74, 6) is 0.891. The van der Waals surface area contributed by atoms with Crippen LogP contribution in [0.3, 0.4) is 0 Å². The van der Waals surface area contributed by atoms with Gasteiger partial charge in [-0.3, -0.25) is 9.69 Å². The van der Waals surface area contributed by atoms with E-state index in [0.29, 0.717) is 32.9 Å². The molecule has 2 aliphatic heterocycles. The molecule has 0 aliphatic carbocycles. The highest BCUT2D eigenvalue weighted by Gasteiger charge is 2.20. The lowest BCUT2D eigenvalue weighted by molar-refractivity contribution is -0.137. The van der Waals surface area contributed by atoms with Crippen LogP contribution in [-0.4, -0.2) is 68.9 Å². The van der Waals surface area contributed by atoms with E-state index in [9.17, 15) is 4.79 Å². The summed E-state index contributed by atoms with van der Waals surface area (Å²) < 4.78 is 16.2. The van der Waals surface area contributed by atoms with E-state index in [-0.39, 0.29) is 12.5 Å². The van der Waals surface area contributed by atoms with Gasteiger partial charge in [0.1, 0.15) is 19.0 Å². The van der Waals surface area contributed by atoms with Crippen LogP contribution in [0.2, 0.25) is 0 Å². The van der Waals surface area contributed by atoms with Crippen molar-refractivity contribution >= 4 is 5.91 Å². The third-order valence-corrected chi connectivity index (χ3v) is 4.97. The summed E-state index contributed by atoms with van der Waals surface area (Å²) in [7, 11) is 1.62. The van der Waals surface area contributed by atoms with Crippen molar-refractivity contribution < 1.29 is 19.0 Å². The molecule has 0 saturated carbocycles. The van der Waals surface area contributed by atoms with Gasteiger partial charge >= 0.3 is 0 Å². The van der Waals surface area contributed by atoms with Crippen molar-refractivity contribution in [1.29, 1.82) is 0 Å². The maximum atomic E-state index is 12.4. The third-order valence-electron chi connectivity index (χ3n) is 4.97. The minimum absolute atomic E-state index is 0.000938. The van der Waals surface area contributed by atoms with E-state index in [1.54, 1.807) is 7.11 Å². The van der Waals surface area contributed by atoms with Crippen molar-refractivity contribution in [3.05, 3.63) is 29.3 Å². The molecule has 0 atom stereocenters. The first-order valence-corrected chi connectivity index (χ1v) is 9.57. The molecule has 26 heavy (non-hydrogen) atoms. The van der Waals surface area contributed by atoms with Gasteiger partial charge in [0.05, 0.1) is 19.8 Å². The maximum Gasteiger partial charge on any atom is 0.248 e. The van der Waals surface area contributed by atoms with Crippen molar-refractivity contribution in [2.24, 2.45) is 0 Å². The molecule has 1 aromatic carbocycles. The summed E-state index contributed by atoms with van der Waals surface area (Å²) in [6.45, 7) is 6.03. The molecular weight excluding hydrogens is 332 g/mol. The van der Waals surface area contributed by atoms with Gasteiger partial charge < -0.3 is 19.1 Å². The lowest BCUT2D eigenvalue weighted by atomic mass is 10.1. The number of methoxy groups -OCH3 is 1. The van der Waals surface area contributed by atoms with Crippen LogP contribution >= 0.6 is 0 Å². The molecule has 0 aromatic heterocycles. The fourth-order valence-corrected chi connectivity index (χ4v) is 3.53. The molecule has 0 unspecified atom stereocenters. The van der Waals surface area contributed by atoms with Crippen molar-refractivity contribution in [2.75, 3.05) is 53.2 Å². The zero-order chi connectivity index (χ0) is 18.2. The summed E-state index contributed by atoms with van der Waals surface area (Å²) >= 11 is 0. The van der Waals surface area contributed by atoms with E-state index in [0.717, 1.165) is 17.9 Å². The Morgan fingerprint density at radius 1 is 1.15 bits per heavy atom. The average Bonchev–Trinajstić information content (AvgIpc) is 2.88. The maximum absolute atomic E-state index is 12.4. The summed E-state index contributed by atoms with van der Waals surface area (Å²) in [4.78, 5) is 16.8. The number of hydrogen-bond acceptors (Lipinski definition) is 5. The van der Waals surface area contributed by atoms with E-state index in [2.05, 4.69) is 23.1 Å². The van der Waals surface area contributed by atoms with Crippen molar-refractivity contribution in [3.63, 3.8) is 0 Å². The number of piperidine rings is 1. The SMILES string of the molecule is COCCOCC(=O)N1CCOc2ccc(CN3CCCCC3)cc2C1. The fourth-order valence-electron chi connectivity index (χ4n) is 3.53. The third kappa shape index (κ3) is 5.43. The monoisotopic (exact) mass is 362 g/mol. The van der Waals surface area contributed by atoms with Crippen LogP contribution in [0.5, 0.6) is 5.75 Å². The number of carbonyl (C=O) groups excluding carboxylic acids is 1. The van der Waals surface area contributed by atoms with Crippen LogP contribution in [0.15, 0.2) is 18.2 Å². The molecule has 2 heterocycles. The molecule has 0 spiro atoms. The Kier molecular flexibility index (Phi) is 7.29. The molecule has 0 N–H and O–H groups in total. The second-order valence-corrected chi connectivity index (χ2v) is 6.99. The van der Waals surface area contributed by atoms with Gasteiger partial charge in [-0.25, -0.2) is 0 Å². The normalized spacial score (nSPS) is 18.1. The van der Waals surface area contributed by atoms with Crippen molar-refractivity contribution in [1.82, 2.24) is 9.80 Å². The molecular formula is C20H30N2O4. The minimum atomic E-state index is -0.000938. The van der Waals surface area contributed by atoms with E-state index in [4.69, 9.17) is 14.2 Å². The van der Waals surface area contributed by atoms with Gasteiger partial charge in [0, 0.05) is 25.8 Å². The first-order valence-electron chi connectivity index (χ1n) is 9.57. The van der Waals surface area contributed by atoms with Crippen molar-refractivity contribution in [2.45, 2.75) is 32.4 Å². The molecule has 1 aromatic rings. The Hall–Kier alpha value is -1.63. The van der Waals surface area contributed by atoms with Gasteiger partial charge in [-0.2, -0.15) is 0 Å². The molecule has 1 saturated heterocycles. The molecule has 1 fully saturated rings. The van der Waals surface area contributed by atoms with Crippen molar-refractivity contribution in [3.8, 4) is 5.75 Å². The Morgan fingerprint density at radius 2 is 2.00 bits per heavy atom. The van der Waals surface area contributed by atoms with E-state index >= 15 is 0 Å². The zero-order valence-corrected chi connectivity index (χ0v) is 15.7. The Bertz CT molecular complexity index is 587. The molecule has 3 rings (SSSR count). The van der Waals surface area contributed by atoms with Crippen LogP contribution < -0.4 is 4.74 Å². The molecule has 2 aliphatic rings. The van der Waals surface area contributed by atoms with Gasteiger partial charge in [0.2, 0.25) is 5.91 Å². The average molecular weight is 362 g/mol. The predicted octanol–water partition coefficient (Wildman–Crippen LogP) is 2.06. The second kappa shape index (κ2) is 9.90. The number of carbonyl (C=O) groups is 1. The van der Waals surface area contributed by atoms with E-state index in [1.807, 2.05) is 4.90 Å². The number of likely N-dealkylation sites (tertiary alicyclic amines) is 1. The zero-order valence-electron chi connectivity index (χ0n) is 15.7.